The number of fused-ring (bicyclic) bond motifs is 5. The van der Waals surface area contributed by atoms with Crippen molar-refractivity contribution in [3.63, 3.8) is 0 Å². The number of anilines is 3. The van der Waals surface area contributed by atoms with Gasteiger partial charge in [-0.3, -0.25) is 0 Å². The molecule has 280 valence electrons. The molecule has 9 aromatic rings. The Labute approximate surface area is 345 Å². The zero-order valence-electron chi connectivity index (χ0n) is 32.9. The summed E-state index contributed by atoms with van der Waals surface area (Å²) in [6, 6.07) is 74.0. The van der Waals surface area contributed by atoms with Gasteiger partial charge in [-0.15, -0.1) is 0 Å². The fourth-order valence-electron chi connectivity index (χ4n) is 9.63. The fraction of sp³-hybridized carbons (Fsp3) is 0.0727. The summed E-state index contributed by atoms with van der Waals surface area (Å²) in [5.41, 5.74) is 15.4. The molecule has 2 aliphatic rings. The van der Waals surface area contributed by atoms with Crippen LogP contribution in [0.3, 0.4) is 0 Å². The largest absolute Gasteiger partial charge is 0.310 e. The van der Waals surface area contributed by atoms with Crippen molar-refractivity contribution >= 4 is 17.1 Å². The molecule has 1 aliphatic heterocycles. The molecule has 0 fully saturated rings. The molecular formula is C55H40N4. The highest BCUT2D eigenvalue weighted by Crippen LogP contribution is 2.59. The first-order valence-electron chi connectivity index (χ1n) is 20.3. The van der Waals surface area contributed by atoms with E-state index < -0.39 is 5.41 Å². The van der Waals surface area contributed by atoms with Crippen LogP contribution in [0.1, 0.15) is 47.2 Å². The fourth-order valence-corrected chi connectivity index (χ4v) is 9.63. The van der Waals surface area contributed by atoms with E-state index >= 15 is 0 Å². The van der Waals surface area contributed by atoms with Gasteiger partial charge >= 0.3 is 0 Å². The second-order valence-electron chi connectivity index (χ2n) is 16.0. The highest BCUT2D eigenvalue weighted by molar-refractivity contribution is 5.90. The predicted molar refractivity (Wildman–Crippen MR) is 240 cm³/mol. The molecule has 0 saturated heterocycles. The van der Waals surface area contributed by atoms with Gasteiger partial charge < -0.3 is 4.90 Å². The van der Waals surface area contributed by atoms with Gasteiger partial charge in [-0.05, 0) is 74.8 Å². The molecule has 0 spiro atoms. The van der Waals surface area contributed by atoms with Crippen molar-refractivity contribution in [2.75, 3.05) is 4.90 Å². The molecule has 1 aromatic heterocycles. The lowest BCUT2D eigenvalue weighted by atomic mass is 9.65. The summed E-state index contributed by atoms with van der Waals surface area (Å²) in [6.45, 7) is 4.74. The van der Waals surface area contributed by atoms with E-state index in [-0.39, 0.29) is 5.41 Å². The summed E-state index contributed by atoms with van der Waals surface area (Å²) in [4.78, 5) is 17.8. The van der Waals surface area contributed by atoms with Gasteiger partial charge in [0.15, 0.2) is 17.5 Å². The zero-order chi connectivity index (χ0) is 39.6. The Bertz CT molecular complexity index is 2960. The van der Waals surface area contributed by atoms with Crippen LogP contribution in [0.15, 0.2) is 206 Å². The molecule has 0 radical (unpaired) electrons. The van der Waals surface area contributed by atoms with Crippen LogP contribution in [-0.2, 0) is 10.8 Å². The van der Waals surface area contributed by atoms with Gasteiger partial charge in [0.2, 0.25) is 0 Å². The minimum Gasteiger partial charge on any atom is -0.310 e. The number of hydrogen-bond acceptors (Lipinski definition) is 4. The third-order valence-corrected chi connectivity index (χ3v) is 12.4. The highest BCUT2D eigenvalue weighted by atomic mass is 15.2. The molecule has 1 unspecified atom stereocenters. The molecule has 59 heavy (non-hydrogen) atoms. The maximum Gasteiger partial charge on any atom is 0.164 e. The van der Waals surface area contributed by atoms with Crippen LogP contribution < -0.4 is 4.90 Å². The minimum absolute atomic E-state index is 0.277. The van der Waals surface area contributed by atoms with Gasteiger partial charge in [0.05, 0.1) is 16.8 Å². The van der Waals surface area contributed by atoms with E-state index in [1.807, 2.05) is 36.4 Å². The van der Waals surface area contributed by atoms with Crippen LogP contribution in [0.2, 0.25) is 0 Å². The topological polar surface area (TPSA) is 41.9 Å². The average Bonchev–Trinajstić information content (AvgIpc) is 3.60. The minimum atomic E-state index is -0.638. The van der Waals surface area contributed by atoms with Crippen LogP contribution in [0.4, 0.5) is 17.1 Å². The molecule has 8 aromatic carbocycles. The molecule has 0 N–H and O–H groups in total. The Morgan fingerprint density at radius 1 is 0.356 bits per heavy atom. The number of para-hydroxylation sites is 2. The van der Waals surface area contributed by atoms with Gasteiger partial charge in [-0.1, -0.05) is 190 Å². The predicted octanol–water partition coefficient (Wildman–Crippen LogP) is 13.3. The number of rotatable bonds is 6. The summed E-state index contributed by atoms with van der Waals surface area (Å²) in [5, 5.41) is 0. The van der Waals surface area contributed by atoms with Crippen LogP contribution in [0.5, 0.6) is 0 Å². The Morgan fingerprint density at radius 3 is 1.53 bits per heavy atom. The molecule has 1 atom stereocenters. The van der Waals surface area contributed by atoms with E-state index in [2.05, 4.69) is 189 Å². The zero-order valence-corrected chi connectivity index (χ0v) is 32.9. The second kappa shape index (κ2) is 13.6. The average molecular weight is 757 g/mol. The molecular weight excluding hydrogens is 717 g/mol. The van der Waals surface area contributed by atoms with Crippen molar-refractivity contribution in [2.24, 2.45) is 0 Å². The van der Waals surface area contributed by atoms with E-state index in [1.54, 1.807) is 0 Å². The molecule has 0 bridgehead atoms. The third kappa shape index (κ3) is 5.40. The highest BCUT2D eigenvalue weighted by Gasteiger charge is 2.48. The first-order valence-corrected chi connectivity index (χ1v) is 20.3. The number of aromatic nitrogens is 3. The van der Waals surface area contributed by atoms with Crippen molar-refractivity contribution in [3.8, 4) is 45.3 Å². The Hall–Kier alpha value is -7.43. The van der Waals surface area contributed by atoms with Crippen LogP contribution in [-0.4, -0.2) is 15.0 Å². The van der Waals surface area contributed by atoms with Gasteiger partial charge in [0, 0.05) is 27.8 Å². The second-order valence-corrected chi connectivity index (χ2v) is 16.0. The lowest BCUT2D eigenvalue weighted by Gasteiger charge is -2.43. The summed E-state index contributed by atoms with van der Waals surface area (Å²) >= 11 is 0. The lowest BCUT2D eigenvalue weighted by molar-refractivity contribution is 0.627. The Balaban J connectivity index is 1.18. The number of nitrogens with zero attached hydrogens (tertiary/aromatic N) is 4. The third-order valence-electron chi connectivity index (χ3n) is 12.4. The molecule has 4 nitrogen and oxygen atoms in total. The van der Waals surface area contributed by atoms with Gasteiger partial charge in [0.25, 0.3) is 0 Å². The van der Waals surface area contributed by atoms with Gasteiger partial charge in [-0.2, -0.15) is 0 Å². The summed E-state index contributed by atoms with van der Waals surface area (Å²) in [6.07, 6.45) is 0. The van der Waals surface area contributed by atoms with Crippen LogP contribution in [0.25, 0.3) is 45.3 Å². The number of hydrogen-bond donors (Lipinski definition) is 0. The molecule has 1 aliphatic carbocycles. The van der Waals surface area contributed by atoms with E-state index in [0.29, 0.717) is 17.5 Å². The van der Waals surface area contributed by atoms with Gasteiger partial charge in [-0.25, -0.2) is 15.0 Å². The monoisotopic (exact) mass is 756 g/mol. The smallest absolute Gasteiger partial charge is 0.164 e. The maximum atomic E-state index is 5.17. The first kappa shape index (κ1) is 34.8. The van der Waals surface area contributed by atoms with E-state index in [9.17, 15) is 0 Å². The van der Waals surface area contributed by atoms with E-state index in [4.69, 9.17) is 15.0 Å². The van der Waals surface area contributed by atoms with Crippen molar-refractivity contribution in [1.82, 2.24) is 15.0 Å². The quantitative estimate of drug-likeness (QED) is 0.169. The molecule has 11 rings (SSSR count). The Morgan fingerprint density at radius 2 is 0.864 bits per heavy atom. The molecule has 4 heteroatoms. The van der Waals surface area contributed by atoms with E-state index in [1.165, 1.54) is 55.9 Å². The lowest BCUT2D eigenvalue weighted by Crippen LogP contribution is -2.33. The molecule has 2 heterocycles. The first-order chi connectivity index (χ1) is 29.0. The standard InChI is InChI=1S/C55H40N4/c1-54(2)46-29-17-18-30-49(46)59(42-25-13-6-14-26-42)50-34-32-41(36-48(50)54)55(40-23-11-5-12-24-40)45-28-16-15-27-43(45)44-33-31-39(35-47(44)55)53-57-51(37-19-7-3-8-20-37)56-52(58-53)38-21-9-4-10-22-38/h3-36H,1-2H3. The van der Waals surface area contributed by atoms with Crippen molar-refractivity contribution < 1.29 is 0 Å². The molecule has 0 amide bonds. The van der Waals surface area contributed by atoms with Crippen LogP contribution >= 0.6 is 0 Å². The summed E-state index contributed by atoms with van der Waals surface area (Å²) < 4.78 is 0. The summed E-state index contributed by atoms with van der Waals surface area (Å²) in [5.74, 6) is 1.93. The van der Waals surface area contributed by atoms with Crippen molar-refractivity contribution in [3.05, 3.63) is 240 Å². The molecule has 0 saturated carbocycles. The normalized spacial score (nSPS) is 15.8. The Kier molecular flexibility index (Phi) is 8.02. The van der Waals surface area contributed by atoms with Crippen LogP contribution in [0, 0.1) is 0 Å². The summed E-state index contributed by atoms with van der Waals surface area (Å²) in [7, 11) is 0. The maximum absolute atomic E-state index is 5.17. The van der Waals surface area contributed by atoms with E-state index in [0.717, 1.165) is 22.4 Å². The van der Waals surface area contributed by atoms with Gasteiger partial charge in [0.1, 0.15) is 0 Å². The SMILES string of the molecule is CC1(C)c2ccccc2N(c2ccccc2)c2ccc(C3(c4ccccc4)c4ccccc4-c4ccc(-c5nc(-c6ccccc6)nc(-c6ccccc6)n5)cc43)cc21. The number of benzene rings is 8. The van der Waals surface area contributed by atoms with Crippen molar-refractivity contribution in [1.29, 1.82) is 0 Å². The van der Waals surface area contributed by atoms with Crippen molar-refractivity contribution in [2.45, 2.75) is 24.7 Å².